The summed E-state index contributed by atoms with van der Waals surface area (Å²) >= 11 is 5.09. The number of ether oxygens (including phenoxy) is 1. The number of piperidine rings is 1. The molecule has 0 spiro atoms. The number of aromatic nitrogens is 3. The zero-order chi connectivity index (χ0) is 16.6. The summed E-state index contributed by atoms with van der Waals surface area (Å²) in [5, 5.41) is 4.69. The van der Waals surface area contributed by atoms with Crippen molar-refractivity contribution >= 4 is 43.4 Å². The molecule has 10 heteroatoms. The van der Waals surface area contributed by atoms with Gasteiger partial charge in [0.25, 0.3) is 15.9 Å². The van der Waals surface area contributed by atoms with Crippen LogP contribution in [0.25, 0.3) is 5.65 Å². The summed E-state index contributed by atoms with van der Waals surface area (Å²) in [6.07, 6.45) is 6.96. The van der Waals surface area contributed by atoms with Crippen LogP contribution in [0.4, 0.5) is 0 Å². The number of hydrogen-bond acceptors (Lipinski definition) is 6. The Bertz CT molecular complexity index is 816. The minimum absolute atomic E-state index is 0.0371. The van der Waals surface area contributed by atoms with Crippen molar-refractivity contribution in [2.24, 2.45) is 0 Å². The van der Waals surface area contributed by atoms with E-state index in [1.165, 1.54) is 15.9 Å². The lowest BCUT2D eigenvalue weighted by atomic mass is 10.2. The molecule has 23 heavy (non-hydrogen) atoms. The van der Waals surface area contributed by atoms with Crippen LogP contribution in [0.2, 0.25) is 0 Å². The zero-order valence-electron chi connectivity index (χ0n) is 12.8. The van der Waals surface area contributed by atoms with Crippen LogP contribution in [0.3, 0.4) is 0 Å². The lowest BCUT2D eigenvalue weighted by Crippen LogP contribution is -2.39. The molecule has 0 atom stereocenters. The summed E-state index contributed by atoms with van der Waals surface area (Å²) in [6.45, 7) is 1.01. The van der Waals surface area contributed by atoms with Crippen molar-refractivity contribution in [1.82, 2.24) is 18.9 Å². The second-order valence-corrected chi connectivity index (χ2v) is 9.15. The average Bonchev–Trinajstić information content (AvgIpc) is 2.93. The number of halogens is 1. The molecule has 7 nitrogen and oxygen atoms in total. The van der Waals surface area contributed by atoms with Crippen LogP contribution in [-0.4, -0.2) is 59.0 Å². The van der Waals surface area contributed by atoms with Gasteiger partial charge in [0.15, 0.2) is 10.5 Å². The smallest absolute Gasteiger partial charge is 0.255 e. The van der Waals surface area contributed by atoms with Crippen molar-refractivity contribution in [3.05, 3.63) is 16.9 Å². The lowest BCUT2D eigenvalue weighted by Gasteiger charge is -2.30. The van der Waals surface area contributed by atoms with Crippen LogP contribution < -0.4 is 4.74 Å². The Morgan fingerprint density at radius 1 is 1.39 bits per heavy atom. The van der Waals surface area contributed by atoms with E-state index in [2.05, 4.69) is 32.3 Å². The van der Waals surface area contributed by atoms with Gasteiger partial charge in [-0.2, -0.15) is 16.1 Å². The van der Waals surface area contributed by atoms with Crippen LogP contribution in [0.1, 0.15) is 12.8 Å². The second kappa shape index (κ2) is 6.58. The predicted molar refractivity (Wildman–Crippen MR) is 92.5 cm³/mol. The van der Waals surface area contributed by atoms with Gasteiger partial charge < -0.3 is 4.74 Å². The topological polar surface area (TPSA) is 76.8 Å². The van der Waals surface area contributed by atoms with Gasteiger partial charge in [0.2, 0.25) is 0 Å². The highest BCUT2D eigenvalue weighted by Gasteiger charge is 2.35. The Labute approximate surface area is 147 Å². The Hall–Kier alpha value is -0.840. The van der Waals surface area contributed by atoms with Gasteiger partial charge in [-0.1, -0.05) is 0 Å². The first-order valence-electron chi connectivity index (χ1n) is 7.08. The molecule has 2 aromatic rings. The summed E-state index contributed by atoms with van der Waals surface area (Å²) < 4.78 is 34.9. The Morgan fingerprint density at radius 2 is 2.09 bits per heavy atom. The number of rotatable bonds is 4. The van der Waals surface area contributed by atoms with Gasteiger partial charge in [0.05, 0.1) is 11.6 Å². The molecule has 1 aliphatic heterocycles. The summed E-state index contributed by atoms with van der Waals surface area (Å²) in [7, 11) is -2.28. The van der Waals surface area contributed by atoms with E-state index >= 15 is 0 Å². The normalized spacial score (nSPS) is 17.7. The van der Waals surface area contributed by atoms with Crippen molar-refractivity contribution in [1.29, 1.82) is 0 Å². The molecule has 0 aromatic carbocycles. The molecule has 0 unspecified atom stereocenters. The lowest BCUT2D eigenvalue weighted by molar-refractivity contribution is 0.347. The highest BCUT2D eigenvalue weighted by molar-refractivity contribution is 9.10. The van der Waals surface area contributed by atoms with E-state index in [0.29, 0.717) is 22.8 Å². The average molecular weight is 421 g/mol. The first-order valence-corrected chi connectivity index (χ1v) is 10.6. The van der Waals surface area contributed by atoms with E-state index in [-0.39, 0.29) is 16.4 Å². The number of fused-ring (bicyclic) bond motifs is 1. The monoisotopic (exact) mass is 420 g/mol. The molecule has 0 saturated carbocycles. The third-order valence-electron chi connectivity index (χ3n) is 3.89. The first kappa shape index (κ1) is 17.0. The number of methoxy groups -OCH3 is 1. The van der Waals surface area contributed by atoms with Gasteiger partial charge in [-0.05, 0) is 35.0 Å². The summed E-state index contributed by atoms with van der Waals surface area (Å²) in [5.74, 6) is 0.0718. The van der Waals surface area contributed by atoms with Crippen molar-refractivity contribution < 1.29 is 13.2 Å². The molecule has 0 radical (unpaired) electrons. The molecule has 0 amide bonds. The van der Waals surface area contributed by atoms with Gasteiger partial charge >= 0.3 is 0 Å². The highest BCUT2D eigenvalue weighted by Crippen LogP contribution is 2.32. The van der Waals surface area contributed by atoms with E-state index in [1.54, 1.807) is 24.2 Å². The molecule has 2 aromatic heterocycles. The number of hydrogen-bond donors (Lipinski definition) is 0. The van der Waals surface area contributed by atoms with E-state index in [9.17, 15) is 8.42 Å². The minimum Gasteiger partial charge on any atom is -0.479 e. The van der Waals surface area contributed by atoms with Gasteiger partial charge in [0, 0.05) is 30.7 Å². The molecular weight excluding hydrogens is 404 g/mol. The predicted octanol–water partition coefficient (Wildman–Crippen LogP) is 2.02. The largest absolute Gasteiger partial charge is 0.479 e. The van der Waals surface area contributed by atoms with E-state index in [0.717, 1.165) is 12.8 Å². The first-order chi connectivity index (χ1) is 11.0. The zero-order valence-corrected chi connectivity index (χ0v) is 16.0. The Kier molecular flexibility index (Phi) is 4.86. The van der Waals surface area contributed by atoms with Gasteiger partial charge in [-0.15, -0.1) is 5.10 Å². The standard InChI is InChI=1S/C13H17BrN4O3S2/c1-21-13-11(12-15-7-9(14)8-18(12)16-13)23(19,20)17-5-3-10(22-2)4-6-17/h7-8,10H,3-6H2,1-2H3. The molecule has 0 bridgehead atoms. The third kappa shape index (κ3) is 3.09. The molecule has 0 N–H and O–H groups in total. The van der Waals surface area contributed by atoms with E-state index < -0.39 is 10.0 Å². The maximum Gasteiger partial charge on any atom is 0.255 e. The maximum atomic E-state index is 13.1. The maximum absolute atomic E-state index is 13.1. The Morgan fingerprint density at radius 3 is 2.70 bits per heavy atom. The molecule has 1 saturated heterocycles. The molecule has 1 aliphatic rings. The number of thioether (sulfide) groups is 1. The molecule has 3 rings (SSSR count). The third-order valence-corrected chi connectivity index (χ3v) is 7.36. The van der Waals surface area contributed by atoms with Gasteiger partial charge in [-0.3, -0.25) is 0 Å². The molecule has 126 valence electrons. The fourth-order valence-electron chi connectivity index (χ4n) is 2.67. The fraction of sp³-hybridized carbons (Fsp3) is 0.538. The van der Waals surface area contributed by atoms with Crippen molar-refractivity contribution in [3.63, 3.8) is 0 Å². The summed E-state index contributed by atoms with van der Waals surface area (Å²) in [5.41, 5.74) is 0.275. The summed E-state index contributed by atoms with van der Waals surface area (Å²) in [6, 6.07) is 0. The van der Waals surface area contributed by atoms with E-state index in [4.69, 9.17) is 4.74 Å². The number of sulfonamides is 1. The van der Waals surface area contributed by atoms with Crippen LogP contribution in [0.15, 0.2) is 21.8 Å². The second-order valence-electron chi connectivity index (χ2n) is 5.22. The fourth-order valence-corrected chi connectivity index (χ4v) is 5.32. The molecule has 3 heterocycles. The highest BCUT2D eigenvalue weighted by atomic mass is 79.9. The molecule has 1 fully saturated rings. The van der Waals surface area contributed by atoms with Gasteiger partial charge in [-0.25, -0.2) is 17.9 Å². The van der Waals surface area contributed by atoms with Crippen LogP contribution in [0, 0.1) is 0 Å². The van der Waals surface area contributed by atoms with Crippen LogP contribution in [-0.2, 0) is 10.0 Å². The SMILES string of the molecule is COc1nn2cc(Br)cnc2c1S(=O)(=O)N1CCC(SC)CC1. The molecule has 0 aliphatic carbocycles. The minimum atomic E-state index is -3.69. The summed E-state index contributed by atoms with van der Waals surface area (Å²) in [4.78, 5) is 4.24. The quantitative estimate of drug-likeness (QED) is 0.752. The van der Waals surface area contributed by atoms with Crippen LogP contribution >= 0.6 is 27.7 Å². The molecular formula is C13H17BrN4O3S2. The van der Waals surface area contributed by atoms with Crippen molar-refractivity contribution in [2.45, 2.75) is 23.0 Å². The van der Waals surface area contributed by atoms with Crippen molar-refractivity contribution in [2.75, 3.05) is 26.5 Å². The number of nitrogens with zero attached hydrogens (tertiary/aromatic N) is 4. The van der Waals surface area contributed by atoms with Crippen molar-refractivity contribution in [3.8, 4) is 5.88 Å². The van der Waals surface area contributed by atoms with E-state index in [1.807, 2.05) is 0 Å². The Balaban J connectivity index is 2.04. The van der Waals surface area contributed by atoms with Gasteiger partial charge in [0.1, 0.15) is 0 Å². The van der Waals surface area contributed by atoms with Crippen LogP contribution in [0.5, 0.6) is 5.88 Å².